The predicted molar refractivity (Wildman–Crippen MR) is 82.8 cm³/mol. The summed E-state index contributed by atoms with van der Waals surface area (Å²) in [7, 11) is 0. The highest BCUT2D eigenvalue weighted by Crippen LogP contribution is 2.34. The first-order chi connectivity index (χ1) is 10.3. The molecule has 21 heavy (non-hydrogen) atoms. The Bertz CT molecular complexity index is 681. The average molecular weight is 280 g/mol. The summed E-state index contributed by atoms with van der Waals surface area (Å²) < 4.78 is 5.84. The van der Waals surface area contributed by atoms with Gasteiger partial charge in [-0.3, -0.25) is 4.98 Å². The van der Waals surface area contributed by atoms with Crippen LogP contribution in [-0.2, 0) is 19.4 Å². The molecule has 1 N–H and O–H groups in total. The van der Waals surface area contributed by atoms with Crippen molar-refractivity contribution in [1.82, 2.24) is 10.3 Å². The van der Waals surface area contributed by atoms with Gasteiger partial charge in [-0.25, -0.2) is 0 Å². The van der Waals surface area contributed by atoms with Gasteiger partial charge in [0.1, 0.15) is 5.75 Å². The van der Waals surface area contributed by atoms with Crippen LogP contribution in [0.15, 0.2) is 30.5 Å². The minimum absolute atomic E-state index is 0.435. The number of ether oxygens (including phenoxy) is 1. The van der Waals surface area contributed by atoms with Gasteiger partial charge in [0.25, 0.3) is 0 Å². The highest BCUT2D eigenvalue weighted by atomic mass is 16.5. The molecule has 4 rings (SSSR count). The summed E-state index contributed by atoms with van der Waals surface area (Å²) in [5, 5.41) is 3.53. The van der Waals surface area contributed by atoms with E-state index in [1.165, 1.54) is 27.9 Å². The lowest BCUT2D eigenvalue weighted by molar-refractivity contribution is 0.352. The van der Waals surface area contributed by atoms with Crippen LogP contribution in [0.2, 0.25) is 0 Å². The Kier molecular flexibility index (Phi) is 3.15. The molecule has 0 saturated heterocycles. The van der Waals surface area contributed by atoms with E-state index in [0.29, 0.717) is 5.92 Å². The fourth-order valence-electron chi connectivity index (χ4n) is 3.51. The fourth-order valence-corrected chi connectivity index (χ4v) is 3.51. The smallest absolute Gasteiger partial charge is 0.125 e. The number of hydrogen-bond acceptors (Lipinski definition) is 3. The molecule has 0 fully saturated rings. The number of nitrogens with zero attached hydrogens (tertiary/aromatic N) is 1. The van der Waals surface area contributed by atoms with E-state index in [-0.39, 0.29) is 0 Å². The van der Waals surface area contributed by atoms with Crippen LogP contribution < -0.4 is 10.1 Å². The molecule has 1 aromatic carbocycles. The molecule has 1 unspecified atom stereocenters. The Morgan fingerprint density at radius 3 is 3.24 bits per heavy atom. The summed E-state index contributed by atoms with van der Waals surface area (Å²) in [6.07, 6.45) is 4.03. The molecule has 3 heterocycles. The Hall–Kier alpha value is -1.87. The third-order valence-corrected chi connectivity index (χ3v) is 4.49. The molecule has 3 heteroatoms. The number of aromatic nitrogens is 1. The highest BCUT2D eigenvalue weighted by Gasteiger charge is 2.24. The number of fused-ring (bicyclic) bond motifs is 2. The van der Waals surface area contributed by atoms with Gasteiger partial charge in [0.2, 0.25) is 0 Å². The molecular weight excluding hydrogens is 260 g/mol. The number of rotatable bonds is 2. The molecule has 2 aliphatic heterocycles. The monoisotopic (exact) mass is 280 g/mol. The van der Waals surface area contributed by atoms with Gasteiger partial charge in [-0.2, -0.15) is 0 Å². The Balaban J connectivity index is 1.66. The van der Waals surface area contributed by atoms with Gasteiger partial charge in [0.05, 0.1) is 6.61 Å². The second kappa shape index (κ2) is 5.15. The van der Waals surface area contributed by atoms with E-state index in [1.807, 2.05) is 6.20 Å². The second-order valence-corrected chi connectivity index (χ2v) is 6.09. The molecule has 1 atom stereocenters. The van der Waals surface area contributed by atoms with Gasteiger partial charge in [0.15, 0.2) is 0 Å². The molecule has 1 aromatic heterocycles. The number of benzene rings is 1. The Morgan fingerprint density at radius 2 is 2.29 bits per heavy atom. The maximum absolute atomic E-state index is 5.84. The van der Waals surface area contributed by atoms with E-state index in [2.05, 4.69) is 36.5 Å². The van der Waals surface area contributed by atoms with Crippen LogP contribution in [0.3, 0.4) is 0 Å². The van der Waals surface area contributed by atoms with Gasteiger partial charge >= 0.3 is 0 Å². The zero-order chi connectivity index (χ0) is 14.2. The van der Waals surface area contributed by atoms with Crippen molar-refractivity contribution in [2.24, 2.45) is 0 Å². The normalized spacial score (nSPS) is 19.8. The van der Waals surface area contributed by atoms with Crippen molar-refractivity contribution in [3.8, 4) is 5.75 Å². The summed E-state index contributed by atoms with van der Waals surface area (Å²) in [5.41, 5.74) is 6.52. The molecule has 2 aromatic rings. The quantitative estimate of drug-likeness (QED) is 0.918. The van der Waals surface area contributed by atoms with E-state index < -0.39 is 0 Å². The van der Waals surface area contributed by atoms with Crippen molar-refractivity contribution in [2.45, 2.75) is 32.2 Å². The minimum Gasteiger partial charge on any atom is -0.493 e. The molecular formula is C18H20N2O. The van der Waals surface area contributed by atoms with Crippen LogP contribution in [0.25, 0.3) is 0 Å². The number of hydrogen-bond donors (Lipinski definition) is 1. The van der Waals surface area contributed by atoms with Crippen LogP contribution >= 0.6 is 0 Å². The summed E-state index contributed by atoms with van der Waals surface area (Å²) in [5.74, 6) is 1.56. The van der Waals surface area contributed by atoms with Gasteiger partial charge in [-0.1, -0.05) is 24.3 Å². The summed E-state index contributed by atoms with van der Waals surface area (Å²) in [6, 6.07) is 8.79. The first-order valence-electron chi connectivity index (χ1n) is 7.71. The van der Waals surface area contributed by atoms with Crippen molar-refractivity contribution < 1.29 is 4.74 Å². The molecule has 0 bridgehead atoms. The van der Waals surface area contributed by atoms with Gasteiger partial charge in [0, 0.05) is 37.3 Å². The summed E-state index contributed by atoms with van der Waals surface area (Å²) in [4.78, 5) is 4.71. The fraction of sp³-hybridized carbons (Fsp3) is 0.389. The first-order valence-corrected chi connectivity index (χ1v) is 7.71. The van der Waals surface area contributed by atoms with Crippen LogP contribution in [0.5, 0.6) is 5.75 Å². The topological polar surface area (TPSA) is 34.2 Å². The summed E-state index contributed by atoms with van der Waals surface area (Å²) >= 11 is 0. The maximum atomic E-state index is 5.84. The number of aryl methyl sites for hydroxylation is 1. The molecule has 108 valence electrons. The highest BCUT2D eigenvalue weighted by molar-refractivity contribution is 5.45. The minimum atomic E-state index is 0.435. The van der Waals surface area contributed by atoms with Crippen molar-refractivity contribution in [1.29, 1.82) is 0 Å². The Labute approximate surface area is 125 Å². The van der Waals surface area contributed by atoms with E-state index in [0.717, 1.165) is 38.3 Å². The second-order valence-electron chi connectivity index (χ2n) is 6.09. The average Bonchev–Trinajstić information content (AvgIpc) is 2.97. The van der Waals surface area contributed by atoms with Gasteiger partial charge in [-0.05, 0) is 35.6 Å². The molecule has 0 saturated carbocycles. The van der Waals surface area contributed by atoms with Crippen LogP contribution in [-0.4, -0.2) is 18.1 Å². The lowest BCUT2D eigenvalue weighted by Crippen LogP contribution is -2.30. The van der Waals surface area contributed by atoms with E-state index in [4.69, 9.17) is 9.72 Å². The van der Waals surface area contributed by atoms with Crippen molar-refractivity contribution in [2.75, 3.05) is 13.2 Å². The molecule has 3 nitrogen and oxygen atoms in total. The number of nitrogens with one attached hydrogen (secondary N) is 1. The zero-order valence-electron chi connectivity index (χ0n) is 12.4. The van der Waals surface area contributed by atoms with Gasteiger partial charge in [-0.15, -0.1) is 0 Å². The lowest BCUT2D eigenvalue weighted by Gasteiger charge is -2.26. The third kappa shape index (κ3) is 2.32. The van der Waals surface area contributed by atoms with Crippen molar-refractivity contribution >= 4 is 0 Å². The SMILES string of the molecule is Cc1cnc2c(c1)CNCC2Cc1cccc2c1OCC2. The van der Waals surface area contributed by atoms with E-state index in [9.17, 15) is 0 Å². The predicted octanol–water partition coefficient (Wildman–Crippen LogP) is 2.75. The standard InChI is InChI=1S/C18H20N2O/c1-12-7-15-10-19-11-16(17(15)20-9-12)8-14-4-2-3-13-5-6-21-18(13)14/h2-4,7,9,16,19H,5-6,8,10-11H2,1H3. The molecule has 0 spiro atoms. The molecule has 0 amide bonds. The first kappa shape index (κ1) is 12.8. The zero-order valence-corrected chi connectivity index (χ0v) is 12.4. The largest absolute Gasteiger partial charge is 0.493 e. The molecule has 2 aliphatic rings. The van der Waals surface area contributed by atoms with Crippen molar-refractivity contribution in [3.63, 3.8) is 0 Å². The maximum Gasteiger partial charge on any atom is 0.125 e. The molecule has 0 radical (unpaired) electrons. The van der Waals surface area contributed by atoms with Gasteiger partial charge < -0.3 is 10.1 Å². The summed E-state index contributed by atoms with van der Waals surface area (Å²) in [6.45, 7) is 4.86. The lowest BCUT2D eigenvalue weighted by atomic mass is 9.89. The molecule has 0 aliphatic carbocycles. The Morgan fingerprint density at radius 1 is 1.33 bits per heavy atom. The van der Waals surface area contributed by atoms with E-state index in [1.54, 1.807) is 0 Å². The third-order valence-electron chi connectivity index (χ3n) is 4.49. The van der Waals surface area contributed by atoms with E-state index >= 15 is 0 Å². The van der Waals surface area contributed by atoms with Crippen LogP contribution in [0, 0.1) is 6.92 Å². The van der Waals surface area contributed by atoms with Crippen LogP contribution in [0.4, 0.5) is 0 Å². The number of pyridine rings is 1. The van der Waals surface area contributed by atoms with Crippen LogP contribution in [0.1, 0.15) is 33.9 Å². The number of para-hydroxylation sites is 1. The van der Waals surface area contributed by atoms with Crippen molar-refractivity contribution in [3.05, 3.63) is 58.4 Å².